The smallest absolute Gasteiger partial charge is 0.164 e. The van der Waals surface area contributed by atoms with Crippen LogP contribution in [0, 0.1) is 0 Å². The third kappa shape index (κ3) is 5.04. The first-order valence-corrected chi connectivity index (χ1v) is 21.1. The van der Waals surface area contributed by atoms with Gasteiger partial charge in [-0.1, -0.05) is 188 Å². The summed E-state index contributed by atoms with van der Waals surface area (Å²) in [6.45, 7) is 0. The van der Waals surface area contributed by atoms with Crippen LogP contribution in [0.2, 0.25) is 0 Å². The van der Waals surface area contributed by atoms with E-state index in [0.717, 1.165) is 60.9 Å². The van der Waals surface area contributed by atoms with Crippen molar-refractivity contribution in [2.45, 2.75) is 5.41 Å². The monoisotopic (exact) mass is 789 g/mol. The summed E-state index contributed by atoms with van der Waals surface area (Å²) in [5.41, 5.74) is 19.1. The van der Waals surface area contributed by atoms with Crippen molar-refractivity contribution in [1.29, 1.82) is 0 Å². The van der Waals surface area contributed by atoms with E-state index in [0.29, 0.717) is 17.5 Å². The van der Waals surface area contributed by atoms with Gasteiger partial charge in [0.2, 0.25) is 0 Å². The second-order valence-corrected chi connectivity index (χ2v) is 16.3. The molecule has 9 aromatic carbocycles. The summed E-state index contributed by atoms with van der Waals surface area (Å²) in [6, 6.07) is 75.6. The molecule has 0 fully saturated rings. The first-order chi connectivity index (χ1) is 30.7. The van der Waals surface area contributed by atoms with Gasteiger partial charge in [-0.3, -0.25) is 0 Å². The molecule has 11 aromatic rings. The molecule has 0 amide bonds. The molecule has 0 bridgehead atoms. The molecule has 288 valence electrons. The standard InChI is InChI=1S/C58H35N3O/c1-3-14-36(15-4-1)37-26-28-39(29-27-37)56-59-55(38-16-5-2-6-17-38)60-57(61-56)45-21-13-25-53-54(45)47-35-41(31-33-52(47)62-53)40-30-32-51-46(34-40)44-20-9-12-24-50(44)58(51)48-22-10-7-18-42(48)43-19-8-11-23-49(43)58/h1-35H. The second-order valence-electron chi connectivity index (χ2n) is 16.3. The SMILES string of the molecule is c1ccc(-c2ccc(-c3nc(-c4ccccc4)nc(-c4cccc5oc6ccc(-c7ccc8c(c7)-c7ccccc7C87c8ccccc8-c8ccccc87)cc6c45)n3)cc2)cc1. The van der Waals surface area contributed by atoms with Crippen LogP contribution in [0.5, 0.6) is 0 Å². The lowest BCUT2D eigenvalue weighted by atomic mass is 9.70. The zero-order chi connectivity index (χ0) is 40.8. The summed E-state index contributed by atoms with van der Waals surface area (Å²) in [5.74, 6) is 1.82. The topological polar surface area (TPSA) is 51.8 Å². The van der Waals surface area contributed by atoms with Gasteiger partial charge in [-0.25, -0.2) is 15.0 Å². The highest BCUT2D eigenvalue weighted by Crippen LogP contribution is 2.63. The molecule has 2 heterocycles. The molecule has 2 aliphatic carbocycles. The Morgan fingerprint density at radius 2 is 0.742 bits per heavy atom. The molecule has 0 saturated heterocycles. The molecule has 4 heteroatoms. The highest BCUT2D eigenvalue weighted by atomic mass is 16.3. The molecule has 62 heavy (non-hydrogen) atoms. The Morgan fingerprint density at radius 3 is 1.40 bits per heavy atom. The maximum Gasteiger partial charge on any atom is 0.164 e. The van der Waals surface area contributed by atoms with E-state index in [1.807, 2.05) is 48.5 Å². The zero-order valence-electron chi connectivity index (χ0n) is 33.5. The van der Waals surface area contributed by atoms with Crippen LogP contribution in [-0.4, -0.2) is 15.0 Å². The Labute approximate surface area is 358 Å². The average molecular weight is 790 g/mol. The molecule has 0 saturated carbocycles. The van der Waals surface area contributed by atoms with Crippen LogP contribution in [0.15, 0.2) is 217 Å². The van der Waals surface area contributed by atoms with E-state index < -0.39 is 0 Å². The van der Waals surface area contributed by atoms with Gasteiger partial charge in [0.1, 0.15) is 11.2 Å². The lowest BCUT2D eigenvalue weighted by molar-refractivity contribution is 0.669. The van der Waals surface area contributed by atoms with E-state index in [1.54, 1.807) is 0 Å². The van der Waals surface area contributed by atoms with Crippen LogP contribution in [0.3, 0.4) is 0 Å². The summed E-state index contributed by atoms with van der Waals surface area (Å²) in [6.07, 6.45) is 0. The van der Waals surface area contributed by atoms with E-state index in [2.05, 4.69) is 164 Å². The first kappa shape index (κ1) is 34.6. The van der Waals surface area contributed by atoms with Crippen LogP contribution in [-0.2, 0) is 5.41 Å². The third-order valence-electron chi connectivity index (χ3n) is 13.0. The molecule has 0 aliphatic heterocycles. The van der Waals surface area contributed by atoms with Gasteiger partial charge in [0.05, 0.1) is 5.41 Å². The molecule has 2 aliphatic rings. The molecule has 13 rings (SSSR count). The fraction of sp³-hybridized carbons (Fsp3) is 0.0172. The summed E-state index contributed by atoms with van der Waals surface area (Å²) in [7, 11) is 0. The van der Waals surface area contributed by atoms with Crippen molar-refractivity contribution in [3.05, 3.63) is 235 Å². The van der Waals surface area contributed by atoms with Crippen molar-refractivity contribution in [1.82, 2.24) is 15.0 Å². The highest BCUT2D eigenvalue weighted by molar-refractivity contribution is 6.13. The Balaban J connectivity index is 0.964. The predicted molar refractivity (Wildman–Crippen MR) is 251 cm³/mol. The van der Waals surface area contributed by atoms with Gasteiger partial charge in [-0.15, -0.1) is 0 Å². The summed E-state index contributed by atoms with van der Waals surface area (Å²) >= 11 is 0. The van der Waals surface area contributed by atoms with Crippen molar-refractivity contribution in [2.75, 3.05) is 0 Å². The largest absolute Gasteiger partial charge is 0.456 e. The first-order valence-electron chi connectivity index (χ1n) is 21.1. The van der Waals surface area contributed by atoms with Crippen LogP contribution < -0.4 is 0 Å². The number of nitrogens with zero attached hydrogens (tertiary/aromatic N) is 3. The number of aromatic nitrogens is 3. The van der Waals surface area contributed by atoms with Crippen molar-refractivity contribution in [2.24, 2.45) is 0 Å². The minimum Gasteiger partial charge on any atom is -0.456 e. The second kappa shape index (κ2) is 13.4. The van der Waals surface area contributed by atoms with E-state index in [-0.39, 0.29) is 5.41 Å². The van der Waals surface area contributed by atoms with Crippen molar-refractivity contribution < 1.29 is 4.42 Å². The average Bonchev–Trinajstić information content (AvgIpc) is 3.98. The molecule has 0 atom stereocenters. The molecular weight excluding hydrogens is 755 g/mol. The van der Waals surface area contributed by atoms with Gasteiger partial charge >= 0.3 is 0 Å². The van der Waals surface area contributed by atoms with Crippen LogP contribution in [0.4, 0.5) is 0 Å². The minimum atomic E-state index is -0.372. The normalized spacial score (nSPS) is 13.0. The lowest BCUT2D eigenvalue weighted by Crippen LogP contribution is -2.25. The van der Waals surface area contributed by atoms with Crippen molar-refractivity contribution in [3.63, 3.8) is 0 Å². The van der Waals surface area contributed by atoms with Gasteiger partial charge in [-0.2, -0.15) is 0 Å². The summed E-state index contributed by atoms with van der Waals surface area (Å²) in [4.78, 5) is 15.4. The summed E-state index contributed by atoms with van der Waals surface area (Å²) in [5, 5.41) is 1.99. The van der Waals surface area contributed by atoms with Gasteiger partial charge < -0.3 is 4.42 Å². The van der Waals surface area contributed by atoms with E-state index >= 15 is 0 Å². The highest BCUT2D eigenvalue weighted by Gasteiger charge is 2.51. The Morgan fingerprint density at radius 1 is 0.290 bits per heavy atom. The molecule has 2 aromatic heterocycles. The number of hydrogen-bond acceptors (Lipinski definition) is 4. The zero-order valence-corrected chi connectivity index (χ0v) is 33.5. The number of benzene rings is 9. The third-order valence-corrected chi connectivity index (χ3v) is 13.0. The Kier molecular flexibility index (Phi) is 7.49. The number of fused-ring (bicyclic) bond motifs is 13. The van der Waals surface area contributed by atoms with Gasteiger partial charge in [0, 0.05) is 27.5 Å². The quantitative estimate of drug-likeness (QED) is 0.174. The number of hydrogen-bond donors (Lipinski definition) is 0. The van der Waals surface area contributed by atoms with Crippen LogP contribution >= 0.6 is 0 Å². The Hall–Kier alpha value is -8.21. The van der Waals surface area contributed by atoms with E-state index in [4.69, 9.17) is 19.4 Å². The predicted octanol–water partition coefficient (Wildman–Crippen LogP) is 14.4. The molecule has 0 N–H and O–H groups in total. The molecule has 0 radical (unpaired) electrons. The molecule has 1 spiro atoms. The van der Waals surface area contributed by atoms with Crippen molar-refractivity contribution in [3.8, 4) is 78.7 Å². The minimum absolute atomic E-state index is 0.372. The molecule has 0 unspecified atom stereocenters. The van der Waals surface area contributed by atoms with E-state index in [9.17, 15) is 0 Å². The molecular formula is C58H35N3O. The van der Waals surface area contributed by atoms with Crippen molar-refractivity contribution >= 4 is 21.9 Å². The van der Waals surface area contributed by atoms with Gasteiger partial charge in [0.15, 0.2) is 17.5 Å². The number of rotatable bonds is 5. The van der Waals surface area contributed by atoms with Crippen LogP contribution in [0.1, 0.15) is 22.3 Å². The fourth-order valence-electron chi connectivity index (χ4n) is 10.3. The number of furan rings is 1. The van der Waals surface area contributed by atoms with Gasteiger partial charge in [-0.05, 0) is 91.0 Å². The maximum atomic E-state index is 6.57. The summed E-state index contributed by atoms with van der Waals surface area (Å²) < 4.78 is 6.57. The van der Waals surface area contributed by atoms with Gasteiger partial charge in [0.25, 0.3) is 0 Å². The maximum absolute atomic E-state index is 6.57. The Bertz CT molecular complexity index is 3530. The molecule has 4 nitrogen and oxygen atoms in total. The fourth-order valence-corrected chi connectivity index (χ4v) is 10.3. The lowest BCUT2D eigenvalue weighted by Gasteiger charge is -2.30. The van der Waals surface area contributed by atoms with Crippen LogP contribution in [0.25, 0.3) is 101 Å². The van der Waals surface area contributed by atoms with E-state index in [1.165, 1.54) is 44.5 Å².